The van der Waals surface area contributed by atoms with Gasteiger partial charge in [0, 0.05) is 0 Å². The number of carboxylic acid groups (broad SMARTS) is 2. The minimum absolute atomic E-state index is 0.162. The van der Waals surface area contributed by atoms with Crippen LogP contribution >= 0.6 is 0 Å². The SMILES string of the molecule is N[C@@H](Cc1ccccc1CF)C(=O)O.N[C@H](Cc1ccccc1)C(=O)O. The van der Waals surface area contributed by atoms with Crippen LogP contribution in [0.15, 0.2) is 54.6 Å². The summed E-state index contributed by atoms with van der Waals surface area (Å²) in [7, 11) is 0. The Balaban J connectivity index is 0.000000263. The first-order chi connectivity index (χ1) is 12.3. The highest BCUT2D eigenvalue weighted by atomic mass is 19.1. The van der Waals surface area contributed by atoms with E-state index in [0.717, 1.165) is 5.56 Å². The van der Waals surface area contributed by atoms with Crippen molar-refractivity contribution in [2.75, 3.05) is 0 Å². The summed E-state index contributed by atoms with van der Waals surface area (Å²) in [6.45, 7) is -0.595. The zero-order valence-electron chi connectivity index (χ0n) is 14.2. The van der Waals surface area contributed by atoms with Crippen molar-refractivity contribution in [1.29, 1.82) is 0 Å². The maximum Gasteiger partial charge on any atom is 0.320 e. The number of aliphatic carboxylic acids is 2. The molecule has 7 heteroatoms. The van der Waals surface area contributed by atoms with Crippen LogP contribution in [-0.2, 0) is 29.1 Å². The summed E-state index contributed by atoms with van der Waals surface area (Å²) in [5.74, 6) is -2.03. The van der Waals surface area contributed by atoms with Crippen molar-refractivity contribution in [3.63, 3.8) is 0 Å². The van der Waals surface area contributed by atoms with Crippen LogP contribution in [-0.4, -0.2) is 34.2 Å². The summed E-state index contributed by atoms with van der Waals surface area (Å²) in [6, 6.07) is 14.3. The van der Waals surface area contributed by atoms with E-state index >= 15 is 0 Å². The summed E-state index contributed by atoms with van der Waals surface area (Å²) in [5.41, 5.74) is 12.8. The molecular formula is C19H23FN2O4. The molecule has 2 aromatic rings. The first-order valence-corrected chi connectivity index (χ1v) is 7.98. The number of carbonyl (C=O) groups is 2. The molecule has 2 atom stereocenters. The number of alkyl halides is 1. The molecule has 0 amide bonds. The van der Waals surface area contributed by atoms with E-state index in [2.05, 4.69) is 0 Å². The number of carboxylic acids is 2. The lowest BCUT2D eigenvalue weighted by Crippen LogP contribution is -2.32. The first-order valence-electron chi connectivity index (χ1n) is 7.98. The summed E-state index contributed by atoms with van der Waals surface area (Å²) in [6.07, 6.45) is 0.547. The van der Waals surface area contributed by atoms with Gasteiger partial charge < -0.3 is 21.7 Å². The molecule has 6 nitrogen and oxygen atoms in total. The van der Waals surface area contributed by atoms with E-state index in [1.165, 1.54) is 0 Å². The minimum atomic E-state index is -1.07. The van der Waals surface area contributed by atoms with E-state index in [0.29, 0.717) is 17.5 Å². The van der Waals surface area contributed by atoms with Crippen LogP contribution in [0.5, 0.6) is 0 Å². The molecule has 26 heavy (non-hydrogen) atoms. The van der Waals surface area contributed by atoms with Crippen LogP contribution in [0.1, 0.15) is 16.7 Å². The molecule has 0 bridgehead atoms. The zero-order valence-corrected chi connectivity index (χ0v) is 14.2. The van der Waals surface area contributed by atoms with Crippen molar-refractivity contribution < 1.29 is 24.2 Å². The molecule has 0 aliphatic rings. The Morgan fingerprint density at radius 1 is 0.808 bits per heavy atom. The molecule has 0 unspecified atom stereocenters. The Morgan fingerprint density at radius 3 is 1.77 bits per heavy atom. The van der Waals surface area contributed by atoms with Crippen LogP contribution in [0, 0.1) is 0 Å². The van der Waals surface area contributed by atoms with Crippen LogP contribution in [0.4, 0.5) is 4.39 Å². The molecule has 140 valence electrons. The van der Waals surface area contributed by atoms with E-state index in [1.807, 2.05) is 30.3 Å². The van der Waals surface area contributed by atoms with Crippen LogP contribution in [0.2, 0.25) is 0 Å². The van der Waals surface area contributed by atoms with Gasteiger partial charge in [-0.05, 0) is 29.5 Å². The molecule has 0 spiro atoms. The average molecular weight is 362 g/mol. The molecule has 0 aliphatic carbocycles. The van der Waals surface area contributed by atoms with E-state index in [9.17, 15) is 14.0 Å². The second-order valence-electron chi connectivity index (χ2n) is 5.69. The lowest BCUT2D eigenvalue weighted by Gasteiger charge is -2.09. The Morgan fingerprint density at radius 2 is 1.27 bits per heavy atom. The second-order valence-corrected chi connectivity index (χ2v) is 5.69. The van der Waals surface area contributed by atoms with Gasteiger partial charge in [0.2, 0.25) is 0 Å². The fourth-order valence-electron chi connectivity index (χ4n) is 2.17. The highest BCUT2D eigenvalue weighted by Gasteiger charge is 2.14. The van der Waals surface area contributed by atoms with Gasteiger partial charge in [-0.1, -0.05) is 54.6 Å². The molecule has 0 saturated carbocycles. The van der Waals surface area contributed by atoms with Gasteiger partial charge in [-0.25, -0.2) is 4.39 Å². The first kappa shape index (κ1) is 21.3. The zero-order chi connectivity index (χ0) is 19.5. The van der Waals surface area contributed by atoms with Gasteiger partial charge >= 0.3 is 11.9 Å². The normalized spacial score (nSPS) is 12.4. The number of hydrogen-bond acceptors (Lipinski definition) is 4. The lowest BCUT2D eigenvalue weighted by molar-refractivity contribution is -0.139. The van der Waals surface area contributed by atoms with E-state index in [1.54, 1.807) is 24.3 Å². The van der Waals surface area contributed by atoms with Gasteiger partial charge in [0.1, 0.15) is 18.8 Å². The van der Waals surface area contributed by atoms with Crippen LogP contribution < -0.4 is 11.5 Å². The molecule has 0 heterocycles. The molecular weight excluding hydrogens is 339 g/mol. The third kappa shape index (κ3) is 7.42. The van der Waals surface area contributed by atoms with Crippen molar-refractivity contribution in [2.24, 2.45) is 11.5 Å². The highest BCUT2D eigenvalue weighted by Crippen LogP contribution is 2.11. The molecule has 0 aliphatic heterocycles. The van der Waals surface area contributed by atoms with Crippen LogP contribution in [0.25, 0.3) is 0 Å². The smallest absolute Gasteiger partial charge is 0.320 e. The number of benzene rings is 2. The lowest BCUT2D eigenvalue weighted by atomic mass is 10.0. The van der Waals surface area contributed by atoms with Gasteiger partial charge in [-0.3, -0.25) is 9.59 Å². The van der Waals surface area contributed by atoms with Crippen molar-refractivity contribution in [1.82, 2.24) is 0 Å². The van der Waals surface area contributed by atoms with Gasteiger partial charge in [0.15, 0.2) is 0 Å². The topological polar surface area (TPSA) is 127 Å². The molecule has 0 fully saturated rings. The van der Waals surface area contributed by atoms with Crippen LogP contribution in [0.3, 0.4) is 0 Å². The second kappa shape index (κ2) is 11.0. The summed E-state index contributed by atoms with van der Waals surface area (Å²) in [4.78, 5) is 20.9. The van der Waals surface area contributed by atoms with E-state index in [-0.39, 0.29) is 6.42 Å². The van der Waals surface area contributed by atoms with Gasteiger partial charge in [0.05, 0.1) is 0 Å². The maximum absolute atomic E-state index is 12.4. The van der Waals surface area contributed by atoms with Crippen molar-refractivity contribution in [2.45, 2.75) is 31.6 Å². The molecule has 0 aromatic heterocycles. The Kier molecular flexibility index (Phi) is 8.97. The van der Waals surface area contributed by atoms with Crippen molar-refractivity contribution in [3.8, 4) is 0 Å². The van der Waals surface area contributed by atoms with E-state index < -0.39 is 30.7 Å². The van der Waals surface area contributed by atoms with Crippen molar-refractivity contribution in [3.05, 3.63) is 71.3 Å². The molecule has 0 radical (unpaired) electrons. The fourth-order valence-corrected chi connectivity index (χ4v) is 2.17. The maximum atomic E-state index is 12.4. The minimum Gasteiger partial charge on any atom is -0.480 e. The number of hydrogen-bond donors (Lipinski definition) is 4. The van der Waals surface area contributed by atoms with E-state index in [4.69, 9.17) is 21.7 Å². The van der Waals surface area contributed by atoms with Crippen molar-refractivity contribution >= 4 is 11.9 Å². The Bertz CT molecular complexity index is 710. The predicted molar refractivity (Wildman–Crippen MR) is 96.3 cm³/mol. The summed E-state index contributed by atoms with van der Waals surface area (Å²) in [5, 5.41) is 17.1. The highest BCUT2D eigenvalue weighted by molar-refractivity contribution is 5.74. The Hall–Kier alpha value is -2.77. The summed E-state index contributed by atoms with van der Waals surface area (Å²) < 4.78 is 12.4. The molecule has 6 N–H and O–H groups in total. The monoisotopic (exact) mass is 362 g/mol. The number of rotatable bonds is 7. The largest absolute Gasteiger partial charge is 0.480 e. The number of halogens is 1. The molecule has 2 aromatic carbocycles. The van der Waals surface area contributed by atoms with Gasteiger partial charge in [-0.2, -0.15) is 0 Å². The third-order valence-electron chi connectivity index (χ3n) is 3.64. The van der Waals surface area contributed by atoms with Gasteiger partial charge in [-0.15, -0.1) is 0 Å². The molecule has 2 rings (SSSR count). The fraction of sp³-hybridized carbons (Fsp3) is 0.263. The Labute approximate surface area is 151 Å². The van der Waals surface area contributed by atoms with Gasteiger partial charge in [0.25, 0.3) is 0 Å². The standard InChI is InChI=1S/C10H12FNO2.C9H11NO2/c11-6-8-4-2-1-3-7(8)5-9(12)10(13)14;10-8(9(11)12)6-7-4-2-1-3-5-7/h1-4,9H,5-6,12H2,(H,13,14);1-5,8H,6,10H2,(H,11,12)/t9-;8-/m01/s1. The predicted octanol–water partition coefficient (Wildman–Crippen LogP) is 1.75. The quantitative estimate of drug-likeness (QED) is 0.594. The average Bonchev–Trinajstić information content (AvgIpc) is 2.63. The number of nitrogens with two attached hydrogens (primary N) is 2. The third-order valence-corrected chi connectivity index (χ3v) is 3.64. The molecule has 0 saturated heterocycles. The summed E-state index contributed by atoms with van der Waals surface area (Å²) >= 11 is 0.